The Labute approximate surface area is 128 Å². The van der Waals surface area contributed by atoms with E-state index in [-0.39, 0.29) is 11.9 Å². The lowest BCUT2D eigenvalue weighted by molar-refractivity contribution is 0.0495. The third-order valence-corrected chi connectivity index (χ3v) is 4.78. The van der Waals surface area contributed by atoms with Crippen LogP contribution in [-0.2, 0) is 0 Å². The summed E-state index contributed by atoms with van der Waals surface area (Å²) >= 11 is 0. The second kappa shape index (κ2) is 7.79. The van der Waals surface area contributed by atoms with Gasteiger partial charge in [-0.25, -0.2) is 4.39 Å². The molecule has 0 aliphatic heterocycles. The smallest absolute Gasteiger partial charge is 0.123 e. The normalized spacial score (nSPS) is 25.8. The van der Waals surface area contributed by atoms with Gasteiger partial charge < -0.3 is 10.0 Å². The summed E-state index contributed by atoms with van der Waals surface area (Å²) in [6.45, 7) is 6.09. The summed E-state index contributed by atoms with van der Waals surface area (Å²) in [5.41, 5.74) is 1.05. The lowest BCUT2D eigenvalue weighted by Gasteiger charge is -2.37. The van der Waals surface area contributed by atoms with E-state index in [1.807, 2.05) is 12.1 Å². The summed E-state index contributed by atoms with van der Waals surface area (Å²) in [4.78, 5) is 2.25. The minimum Gasteiger partial charge on any atom is -0.393 e. The van der Waals surface area contributed by atoms with Crippen molar-refractivity contribution in [2.24, 2.45) is 11.8 Å². The first-order valence-electron chi connectivity index (χ1n) is 8.32. The Morgan fingerprint density at radius 1 is 1.19 bits per heavy atom. The number of rotatable bonds is 6. The van der Waals surface area contributed by atoms with Crippen molar-refractivity contribution < 1.29 is 9.50 Å². The van der Waals surface area contributed by atoms with E-state index >= 15 is 0 Å². The van der Waals surface area contributed by atoms with Crippen molar-refractivity contribution in [1.82, 2.24) is 0 Å². The third kappa shape index (κ3) is 4.44. The molecule has 1 aliphatic rings. The van der Waals surface area contributed by atoms with Gasteiger partial charge in [-0.2, -0.15) is 0 Å². The highest BCUT2D eigenvalue weighted by Crippen LogP contribution is 2.33. The zero-order chi connectivity index (χ0) is 15.2. The van der Waals surface area contributed by atoms with Gasteiger partial charge in [-0.15, -0.1) is 0 Å². The molecular formula is C18H28FNO. The van der Waals surface area contributed by atoms with Crippen LogP contribution in [0, 0.1) is 17.7 Å². The molecule has 2 rings (SSSR count). The summed E-state index contributed by atoms with van der Waals surface area (Å²) < 4.78 is 13.1. The van der Waals surface area contributed by atoms with Crippen LogP contribution in [0.3, 0.4) is 0 Å². The van der Waals surface area contributed by atoms with Crippen molar-refractivity contribution in [1.29, 1.82) is 0 Å². The van der Waals surface area contributed by atoms with E-state index in [2.05, 4.69) is 18.7 Å². The van der Waals surface area contributed by atoms with E-state index in [4.69, 9.17) is 0 Å². The first kappa shape index (κ1) is 16.3. The zero-order valence-corrected chi connectivity index (χ0v) is 13.3. The third-order valence-electron chi connectivity index (χ3n) is 4.78. The number of benzene rings is 1. The lowest BCUT2D eigenvalue weighted by atomic mass is 9.77. The molecule has 118 valence electrons. The number of halogens is 1. The molecule has 3 unspecified atom stereocenters. The molecule has 3 heteroatoms. The molecule has 1 fully saturated rings. The molecule has 1 aromatic carbocycles. The van der Waals surface area contributed by atoms with Crippen molar-refractivity contribution >= 4 is 5.69 Å². The molecule has 1 aliphatic carbocycles. The van der Waals surface area contributed by atoms with Gasteiger partial charge in [0.1, 0.15) is 5.82 Å². The van der Waals surface area contributed by atoms with E-state index in [0.29, 0.717) is 5.92 Å². The standard InChI is InChI=1S/C18H28FNO/c1-3-5-14-6-11-18(21)15(12-14)13-20(4-2)17-9-7-16(19)8-10-17/h7-10,14-15,18,21H,3-6,11-13H2,1-2H3. The lowest BCUT2D eigenvalue weighted by Crippen LogP contribution is -2.39. The van der Waals surface area contributed by atoms with Crippen LogP contribution in [0.2, 0.25) is 0 Å². The monoisotopic (exact) mass is 293 g/mol. The minimum atomic E-state index is -0.199. The molecule has 2 nitrogen and oxygen atoms in total. The molecule has 3 atom stereocenters. The maximum absolute atomic E-state index is 13.1. The fourth-order valence-corrected chi connectivity index (χ4v) is 3.56. The molecule has 0 heterocycles. The van der Waals surface area contributed by atoms with Gasteiger partial charge >= 0.3 is 0 Å². The Morgan fingerprint density at radius 2 is 1.90 bits per heavy atom. The summed E-state index contributed by atoms with van der Waals surface area (Å²) in [6, 6.07) is 6.68. The van der Waals surface area contributed by atoms with Crippen LogP contribution in [0.4, 0.5) is 10.1 Å². The molecule has 0 radical (unpaired) electrons. The van der Waals surface area contributed by atoms with Crippen LogP contribution in [0.1, 0.15) is 46.0 Å². The van der Waals surface area contributed by atoms with Crippen LogP contribution >= 0.6 is 0 Å². The SMILES string of the molecule is CCCC1CCC(O)C(CN(CC)c2ccc(F)cc2)C1. The van der Waals surface area contributed by atoms with Gasteiger partial charge in [0.2, 0.25) is 0 Å². The topological polar surface area (TPSA) is 23.5 Å². The number of aliphatic hydroxyl groups excluding tert-OH is 1. The van der Waals surface area contributed by atoms with Crippen LogP contribution in [-0.4, -0.2) is 24.3 Å². The fraction of sp³-hybridized carbons (Fsp3) is 0.667. The molecule has 1 aromatic rings. The summed E-state index contributed by atoms with van der Waals surface area (Å²) in [5, 5.41) is 10.3. The predicted molar refractivity (Wildman–Crippen MR) is 86.0 cm³/mol. The highest BCUT2D eigenvalue weighted by Gasteiger charge is 2.29. The fourth-order valence-electron chi connectivity index (χ4n) is 3.56. The molecular weight excluding hydrogens is 265 g/mol. The molecule has 1 saturated carbocycles. The largest absolute Gasteiger partial charge is 0.393 e. The highest BCUT2D eigenvalue weighted by atomic mass is 19.1. The zero-order valence-electron chi connectivity index (χ0n) is 13.3. The van der Waals surface area contributed by atoms with Crippen LogP contribution < -0.4 is 4.90 Å². The van der Waals surface area contributed by atoms with E-state index in [1.54, 1.807) is 0 Å². The summed E-state index contributed by atoms with van der Waals surface area (Å²) in [5.74, 6) is 0.895. The molecule has 1 N–H and O–H groups in total. The molecule has 0 spiro atoms. The number of anilines is 1. The van der Waals surface area contributed by atoms with Gasteiger partial charge in [-0.1, -0.05) is 19.8 Å². The Kier molecular flexibility index (Phi) is 6.04. The first-order chi connectivity index (χ1) is 10.1. The molecule has 0 bridgehead atoms. The Balaban J connectivity index is 2.00. The Morgan fingerprint density at radius 3 is 2.52 bits per heavy atom. The average Bonchev–Trinajstić information content (AvgIpc) is 2.49. The maximum atomic E-state index is 13.1. The number of hydrogen-bond acceptors (Lipinski definition) is 2. The number of hydrogen-bond donors (Lipinski definition) is 1. The predicted octanol–water partition coefficient (Wildman–Crippen LogP) is 4.23. The van der Waals surface area contributed by atoms with Gasteiger partial charge in [-0.05, 0) is 56.4 Å². The number of nitrogens with zero attached hydrogens (tertiary/aromatic N) is 1. The quantitative estimate of drug-likeness (QED) is 0.848. The van der Waals surface area contributed by atoms with E-state index < -0.39 is 0 Å². The van der Waals surface area contributed by atoms with Crippen molar-refractivity contribution in [3.63, 3.8) is 0 Å². The van der Waals surface area contributed by atoms with Crippen LogP contribution in [0.15, 0.2) is 24.3 Å². The Hall–Kier alpha value is -1.09. The first-order valence-corrected chi connectivity index (χ1v) is 8.32. The molecule has 21 heavy (non-hydrogen) atoms. The van der Waals surface area contributed by atoms with E-state index in [9.17, 15) is 9.50 Å². The molecule has 0 aromatic heterocycles. The van der Waals surface area contributed by atoms with Gasteiger partial charge in [0, 0.05) is 24.7 Å². The minimum absolute atomic E-state index is 0.187. The maximum Gasteiger partial charge on any atom is 0.123 e. The van der Waals surface area contributed by atoms with Crippen molar-refractivity contribution in [2.45, 2.75) is 52.1 Å². The van der Waals surface area contributed by atoms with Gasteiger partial charge in [0.05, 0.1) is 6.10 Å². The van der Waals surface area contributed by atoms with Crippen molar-refractivity contribution in [2.75, 3.05) is 18.0 Å². The van der Waals surface area contributed by atoms with Gasteiger partial charge in [0.15, 0.2) is 0 Å². The van der Waals surface area contributed by atoms with Crippen molar-refractivity contribution in [3.8, 4) is 0 Å². The van der Waals surface area contributed by atoms with Crippen molar-refractivity contribution in [3.05, 3.63) is 30.1 Å². The average molecular weight is 293 g/mol. The highest BCUT2D eigenvalue weighted by molar-refractivity contribution is 5.46. The number of aliphatic hydroxyl groups is 1. The summed E-state index contributed by atoms with van der Waals surface area (Å²) in [6.07, 6.45) is 5.51. The Bertz CT molecular complexity index is 420. The van der Waals surface area contributed by atoms with Gasteiger partial charge in [-0.3, -0.25) is 0 Å². The molecule has 0 saturated heterocycles. The van der Waals surface area contributed by atoms with Crippen LogP contribution in [0.5, 0.6) is 0 Å². The second-order valence-corrected chi connectivity index (χ2v) is 6.31. The molecule has 0 amide bonds. The second-order valence-electron chi connectivity index (χ2n) is 6.31. The van der Waals surface area contributed by atoms with Crippen LogP contribution in [0.25, 0.3) is 0 Å². The summed E-state index contributed by atoms with van der Waals surface area (Å²) in [7, 11) is 0. The van der Waals surface area contributed by atoms with E-state index in [0.717, 1.165) is 44.0 Å². The van der Waals surface area contributed by atoms with E-state index in [1.165, 1.54) is 25.0 Å². The van der Waals surface area contributed by atoms with Gasteiger partial charge in [0.25, 0.3) is 0 Å².